The second-order valence-corrected chi connectivity index (χ2v) is 10.1. The minimum absolute atomic E-state index is 0.00119. The number of anilines is 1. The van der Waals surface area contributed by atoms with Gasteiger partial charge in [-0.3, -0.25) is 14.5 Å². The van der Waals surface area contributed by atoms with E-state index in [-0.39, 0.29) is 31.4 Å². The Morgan fingerprint density at radius 1 is 1.03 bits per heavy atom. The van der Waals surface area contributed by atoms with E-state index in [0.29, 0.717) is 39.5 Å². The van der Waals surface area contributed by atoms with Gasteiger partial charge in [-0.05, 0) is 74.0 Å². The van der Waals surface area contributed by atoms with Crippen LogP contribution in [0, 0.1) is 0 Å². The van der Waals surface area contributed by atoms with E-state index in [4.69, 9.17) is 21.1 Å². The van der Waals surface area contributed by atoms with Crippen molar-refractivity contribution in [3.8, 4) is 5.75 Å². The highest BCUT2D eigenvalue weighted by Gasteiger charge is 2.36. The molecule has 8 nitrogen and oxygen atoms in total. The number of ether oxygens (including phenoxy) is 2. The van der Waals surface area contributed by atoms with Crippen LogP contribution in [-0.4, -0.2) is 46.3 Å². The summed E-state index contributed by atoms with van der Waals surface area (Å²) in [6.45, 7) is 4.67. The van der Waals surface area contributed by atoms with Crippen molar-refractivity contribution < 1.29 is 23.9 Å². The van der Waals surface area contributed by atoms with Crippen LogP contribution in [0.25, 0.3) is 0 Å². The van der Waals surface area contributed by atoms with Crippen LogP contribution in [0.2, 0.25) is 5.02 Å². The predicted molar refractivity (Wildman–Crippen MR) is 154 cm³/mol. The molecule has 0 bridgehead atoms. The van der Waals surface area contributed by atoms with E-state index in [1.807, 2.05) is 25.1 Å². The quantitative estimate of drug-likeness (QED) is 0.316. The number of nitrogens with zero attached hydrogens (tertiary/aromatic N) is 2. The molecule has 202 valence electrons. The van der Waals surface area contributed by atoms with Crippen LogP contribution in [-0.2, 0) is 20.9 Å². The molecular formula is C29H28ClN3O5S. The van der Waals surface area contributed by atoms with Gasteiger partial charge in [0.15, 0.2) is 5.17 Å². The maximum Gasteiger partial charge on any atom is 0.338 e. The predicted octanol–water partition coefficient (Wildman–Crippen LogP) is 6.08. The maximum atomic E-state index is 13.3. The summed E-state index contributed by atoms with van der Waals surface area (Å²) in [7, 11) is 0. The SMILES string of the molecule is CCOC(=O)c1ccc(N=C2SC(C(=O)Nc3ccc(OCC)cc3)CC(=O)N2Cc2ccccc2Cl)cc1. The van der Waals surface area contributed by atoms with E-state index in [9.17, 15) is 14.4 Å². The molecule has 0 spiro atoms. The van der Waals surface area contributed by atoms with Crippen molar-refractivity contribution in [3.63, 3.8) is 0 Å². The Kier molecular flexibility index (Phi) is 9.62. The molecule has 1 N–H and O–H groups in total. The van der Waals surface area contributed by atoms with Gasteiger partial charge in [-0.2, -0.15) is 0 Å². The largest absolute Gasteiger partial charge is 0.494 e. The number of halogens is 1. The molecule has 1 unspecified atom stereocenters. The van der Waals surface area contributed by atoms with E-state index in [0.717, 1.165) is 5.56 Å². The number of carbonyl (C=O) groups is 3. The lowest BCUT2D eigenvalue weighted by molar-refractivity contribution is -0.129. The van der Waals surface area contributed by atoms with Gasteiger partial charge in [0.2, 0.25) is 11.8 Å². The van der Waals surface area contributed by atoms with Crippen molar-refractivity contribution in [1.82, 2.24) is 4.90 Å². The Hall–Kier alpha value is -3.82. The fourth-order valence-electron chi connectivity index (χ4n) is 3.81. The van der Waals surface area contributed by atoms with Gasteiger partial charge in [0.1, 0.15) is 11.0 Å². The fourth-order valence-corrected chi connectivity index (χ4v) is 5.11. The smallest absolute Gasteiger partial charge is 0.338 e. The lowest BCUT2D eigenvalue weighted by Gasteiger charge is -2.32. The Labute approximate surface area is 236 Å². The minimum atomic E-state index is -0.691. The van der Waals surface area contributed by atoms with Crippen LogP contribution in [0.15, 0.2) is 77.8 Å². The fraction of sp³-hybridized carbons (Fsp3) is 0.241. The minimum Gasteiger partial charge on any atom is -0.494 e. The van der Waals surface area contributed by atoms with Gasteiger partial charge in [0.05, 0.1) is 31.0 Å². The molecule has 1 fully saturated rings. The molecule has 1 heterocycles. The number of carbonyl (C=O) groups excluding carboxylic acids is 3. The molecule has 39 heavy (non-hydrogen) atoms. The van der Waals surface area contributed by atoms with Gasteiger partial charge in [0, 0.05) is 17.1 Å². The zero-order valence-electron chi connectivity index (χ0n) is 21.6. The first kappa shape index (κ1) is 28.2. The molecule has 3 aromatic carbocycles. The van der Waals surface area contributed by atoms with Crippen LogP contribution >= 0.6 is 23.4 Å². The van der Waals surface area contributed by atoms with E-state index in [1.54, 1.807) is 61.5 Å². The van der Waals surface area contributed by atoms with Gasteiger partial charge < -0.3 is 14.8 Å². The van der Waals surface area contributed by atoms with Crippen LogP contribution in [0.5, 0.6) is 5.75 Å². The highest BCUT2D eigenvalue weighted by atomic mass is 35.5. The standard InChI is InChI=1S/C29H28ClN3O5S/c1-3-37-23-15-13-21(14-16-23)31-27(35)25-17-26(34)33(18-20-7-5-6-8-24(20)30)29(39-25)32-22-11-9-19(10-12-22)28(36)38-4-2/h5-16,25H,3-4,17-18H2,1-2H3,(H,31,35). The molecule has 2 amide bonds. The number of rotatable bonds is 9. The number of nitrogens with one attached hydrogen (secondary N) is 1. The van der Waals surface area contributed by atoms with E-state index in [2.05, 4.69) is 10.3 Å². The molecule has 0 radical (unpaired) electrons. The molecule has 1 saturated heterocycles. The highest BCUT2D eigenvalue weighted by molar-refractivity contribution is 8.15. The summed E-state index contributed by atoms with van der Waals surface area (Å²) in [6.07, 6.45) is -0.00119. The second kappa shape index (κ2) is 13.3. The van der Waals surface area contributed by atoms with Gasteiger partial charge in [0.25, 0.3) is 0 Å². The van der Waals surface area contributed by atoms with Crippen LogP contribution < -0.4 is 10.1 Å². The third-order valence-corrected chi connectivity index (χ3v) is 7.31. The molecule has 1 atom stereocenters. The Balaban J connectivity index is 1.58. The third kappa shape index (κ3) is 7.40. The van der Waals surface area contributed by atoms with Crippen LogP contribution in [0.3, 0.4) is 0 Å². The first-order valence-electron chi connectivity index (χ1n) is 12.5. The first-order valence-corrected chi connectivity index (χ1v) is 13.7. The van der Waals surface area contributed by atoms with Crippen LogP contribution in [0.1, 0.15) is 36.2 Å². The normalized spacial score (nSPS) is 16.2. The monoisotopic (exact) mass is 565 g/mol. The summed E-state index contributed by atoms with van der Waals surface area (Å²) < 4.78 is 10.5. The van der Waals surface area contributed by atoms with Gasteiger partial charge in [-0.25, -0.2) is 9.79 Å². The van der Waals surface area contributed by atoms with Gasteiger partial charge >= 0.3 is 5.97 Å². The third-order valence-electron chi connectivity index (χ3n) is 5.75. The number of aliphatic imine (C=N–C) groups is 1. The van der Waals surface area contributed by atoms with Crippen LogP contribution in [0.4, 0.5) is 11.4 Å². The molecular weight excluding hydrogens is 538 g/mol. The van der Waals surface area contributed by atoms with Crippen molar-refractivity contribution in [2.24, 2.45) is 4.99 Å². The Bertz CT molecular complexity index is 1360. The highest BCUT2D eigenvalue weighted by Crippen LogP contribution is 2.32. The number of hydrogen-bond donors (Lipinski definition) is 1. The lowest BCUT2D eigenvalue weighted by atomic mass is 10.2. The number of thioether (sulfide) groups is 1. The first-order chi connectivity index (χ1) is 18.9. The summed E-state index contributed by atoms with van der Waals surface area (Å²) in [5, 5.41) is 3.08. The maximum absolute atomic E-state index is 13.3. The molecule has 3 aromatic rings. The molecule has 10 heteroatoms. The second-order valence-electron chi connectivity index (χ2n) is 8.49. The zero-order valence-corrected chi connectivity index (χ0v) is 23.1. The lowest BCUT2D eigenvalue weighted by Crippen LogP contribution is -2.44. The number of amidine groups is 1. The van der Waals surface area contributed by atoms with E-state index < -0.39 is 11.2 Å². The molecule has 4 rings (SSSR count). The van der Waals surface area contributed by atoms with E-state index >= 15 is 0 Å². The van der Waals surface area contributed by atoms with Crippen molar-refractivity contribution >= 4 is 57.7 Å². The van der Waals surface area contributed by atoms with Crippen molar-refractivity contribution in [3.05, 3.63) is 88.9 Å². The summed E-state index contributed by atoms with van der Waals surface area (Å²) in [6, 6.07) is 20.9. The average molecular weight is 566 g/mol. The molecule has 0 aliphatic carbocycles. The Morgan fingerprint density at radius 3 is 2.41 bits per heavy atom. The number of hydrogen-bond acceptors (Lipinski definition) is 7. The van der Waals surface area contributed by atoms with E-state index in [1.165, 1.54) is 16.7 Å². The van der Waals surface area contributed by atoms with Crippen molar-refractivity contribution in [2.75, 3.05) is 18.5 Å². The van der Waals surface area contributed by atoms with Gasteiger partial charge in [-0.15, -0.1) is 0 Å². The number of esters is 1. The molecule has 0 aromatic heterocycles. The summed E-state index contributed by atoms with van der Waals surface area (Å²) >= 11 is 7.57. The number of benzene rings is 3. The zero-order chi connectivity index (χ0) is 27.8. The van der Waals surface area contributed by atoms with Crippen molar-refractivity contribution in [2.45, 2.75) is 32.1 Å². The molecule has 1 aliphatic rings. The van der Waals surface area contributed by atoms with Gasteiger partial charge in [-0.1, -0.05) is 41.6 Å². The summed E-state index contributed by atoms with van der Waals surface area (Å²) in [5.74, 6) is -0.274. The molecule has 0 saturated carbocycles. The molecule has 1 aliphatic heterocycles. The number of amides is 2. The van der Waals surface area contributed by atoms with Crippen molar-refractivity contribution in [1.29, 1.82) is 0 Å². The summed E-state index contributed by atoms with van der Waals surface area (Å²) in [5.41, 5.74) is 2.28. The topological polar surface area (TPSA) is 97.3 Å². The summed E-state index contributed by atoms with van der Waals surface area (Å²) in [4.78, 5) is 44.7. The average Bonchev–Trinajstić information content (AvgIpc) is 2.93. The Morgan fingerprint density at radius 2 is 1.74 bits per heavy atom.